The van der Waals surface area contributed by atoms with Gasteiger partial charge in [-0.15, -0.1) is 0 Å². The molecule has 0 amide bonds. The van der Waals surface area contributed by atoms with Crippen molar-refractivity contribution in [1.29, 1.82) is 0 Å². The van der Waals surface area contributed by atoms with Crippen molar-refractivity contribution in [3.8, 4) is 0 Å². The van der Waals surface area contributed by atoms with Crippen molar-refractivity contribution in [2.24, 2.45) is 0 Å². The zero-order valence-electron chi connectivity index (χ0n) is 11.9. The van der Waals surface area contributed by atoms with E-state index in [9.17, 15) is 0 Å². The van der Waals surface area contributed by atoms with Crippen LogP contribution in [0.5, 0.6) is 0 Å². The molecule has 2 aromatic rings. The normalized spacial score (nSPS) is 16.6. The first-order valence-corrected chi connectivity index (χ1v) is 7.48. The fourth-order valence-electron chi connectivity index (χ4n) is 2.90. The summed E-state index contributed by atoms with van der Waals surface area (Å²) in [5.41, 5.74) is 3.84. The monoisotopic (exact) mass is 267 g/mol. The second-order valence-electron chi connectivity index (χ2n) is 5.38. The van der Waals surface area contributed by atoms with Crippen LogP contribution >= 0.6 is 0 Å². The second-order valence-corrected chi connectivity index (χ2v) is 5.38. The fraction of sp³-hybridized carbons (Fsp3) is 0.412. The van der Waals surface area contributed by atoms with E-state index in [4.69, 9.17) is 0 Å². The first-order valence-electron chi connectivity index (χ1n) is 7.48. The summed E-state index contributed by atoms with van der Waals surface area (Å²) in [6.45, 7) is 3.05. The van der Waals surface area contributed by atoms with Crippen LogP contribution in [-0.2, 0) is 0 Å². The minimum absolute atomic E-state index is 0.144. The van der Waals surface area contributed by atoms with E-state index in [1.165, 1.54) is 30.4 Å². The third-order valence-corrected chi connectivity index (χ3v) is 4.14. The van der Waals surface area contributed by atoms with E-state index >= 15 is 0 Å². The summed E-state index contributed by atoms with van der Waals surface area (Å²) in [5, 5.41) is 3.56. The summed E-state index contributed by atoms with van der Waals surface area (Å²) in [6, 6.07) is 8.93. The van der Waals surface area contributed by atoms with Crippen LogP contribution in [0.1, 0.15) is 55.0 Å². The lowest BCUT2D eigenvalue weighted by Gasteiger charge is -2.30. The highest BCUT2D eigenvalue weighted by molar-refractivity contribution is 5.37. The molecule has 0 saturated heterocycles. The van der Waals surface area contributed by atoms with Gasteiger partial charge in [-0.3, -0.25) is 9.97 Å². The summed E-state index contributed by atoms with van der Waals surface area (Å²) in [7, 11) is 0. The Morgan fingerprint density at radius 2 is 2.10 bits per heavy atom. The summed E-state index contributed by atoms with van der Waals surface area (Å²) in [4.78, 5) is 8.71. The van der Waals surface area contributed by atoms with Gasteiger partial charge in [0.1, 0.15) is 0 Å². The van der Waals surface area contributed by atoms with E-state index in [0.29, 0.717) is 0 Å². The molecule has 1 aliphatic rings. The van der Waals surface area contributed by atoms with Gasteiger partial charge >= 0.3 is 0 Å². The van der Waals surface area contributed by atoms with Crippen molar-refractivity contribution in [2.75, 3.05) is 6.54 Å². The standard InChI is InChI=1S/C17H21N3/c1-2-19-17(16-12-18-10-11-20-16)15-9-4-3-8-14(15)13-6-5-7-13/h3-4,8-13,17,19H,2,5-7H2,1H3. The van der Waals surface area contributed by atoms with Crippen LogP contribution in [0.15, 0.2) is 42.9 Å². The number of nitrogens with zero attached hydrogens (tertiary/aromatic N) is 2. The summed E-state index contributed by atoms with van der Waals surface area (Å²) < 4.78 is 0. The predicted molar refractivity (Wildman–Crippen MR) is 80.6 cm³/mol. The highest BCUT2D eigenvalue weighted by atomic mass is 14.9. The van der Waals surface area contributed by atoms with Crippen LogP contribution in [0.25, 0.3) is 0 Å². The minimum Gasteiger partial charge on any atom is -0.305 e. The fourth-order valence-corrected chi connectivity index (χ4v) is 2.90. The van der Waals surface area contributed by atoms with Gasteiger partial charge in [0.15, 0.2) is 0 Å². The number of benzene rings is 1. The van der Waals surface area contributed by atoms with E-state index in [-0.39, 0.29) is 6.04 Å². The van der Waals surface area contributed by atoms with Crippen LogP contribution < -0.4 is 5.32 Å². The van der Waals surface area contributed by atoms with Crippen molar-refractivity contribution in [3.05, 3.63) is 59.7 Å². The Kier molecular flexibility index (Phi) is 4.07. The molecule has 3 heteroatoms. The zero-order valence-corrected chi connectivity index (χ0v) is 11.9. The zero-order chi connectivity index (χ0) is 13.8. The minimum atomic E-state index is 0.144. The Morgan fingerprint density at radius 3 is 2.75 bits per heavy atom. The van der Waals surface area contributed by atoms with Crippen molar-refractivity contribution in [1.82, 2.24) is 15.3 Å². The molecule has 1 saturated carbocycles. The van der Waals surface area contributed by atoms with Gasteiger partial charge in [-0.1, -0.05) is 37.6 Å². The molecule has 1 N–H and O–H groups in total. The van der Waals surface area contributed by atoms with Crippen molar-refractivity contribution in [2.45, 2.75) is 38.1 Å². The predicted octanol–water partition coefficient (Wildman–Crippen LogP) is 3.44. The topological polar surface area (TPSA) is 37.8 Å². The molecule has 1 heterocycles. The first kappa shape index (κ1) is 13.3. The van der Waals surface area contributed by atoms with Crippen LogP contribution in [0.3, 0.4) is 0 Å². The van der Waals surface area contributed by atoms with E-state index in [1.807, 2.05) is 6.20 Å². The Morgan fingerprint density at radius 1 is 1.25 bits per heavy atom. The molecular weight excluding hydrogens is 246 g/mol. The molecule has 104 valence electrons. The molecular formula is C17H21N3. The Hall–Kier alpha value is -1.74. The van der Waals surface area contributed by atoms with E-state index in [2.05, 4.69) is 46.5 Å². The number of nitrogens with one attached hydrogen (secondary N) is 1. The van der Waals surface area contributed by atoms with Gasteiger partial charge in [0, 0.05) is 12.4 Å². The van der Waals surface area contributed by atoms with Gasteiger partial charge in [0.25, 0.3) is 0 Å². The third kappa shape index (κ3) is 2.59. The lowest BCUT2D eigenvalue weighted by molar-refractivity contribution is 0.414. The third-order valence-electron chi connectivity index (χ3n) is 4.14. The molecule has 1 aromatic heterocycles. The van der Waals surface area contributed by atoms with E-state index in [1.54, 1.807) is 12.4 Å². The van der Waals surface area contributed by atoms with Gasteiger partial charge < -0.3 is 5.32 Å². The maximum absolute atomic E-state index is 4.49. The smallest absolute Gasteiger partial charge is 0.0801 e. The molecule has 0 aliphatic heterocycles. The van der Waals surface area contributed by atoms with E-state index < -0.39 is 0 Å². The Labute approximate surface area is 120 Å². The lowest BCUT2D eigenvalue weighted by atomic mass is 9.77. The number of aromatic nitrogens is 2. The van der Waals surface area contributed by atoms with Crippen LogP contribution in [0.2, 0.25) is 0 Å². The molecule has 3 nitrogen and oxygen atoms in total. The lowest BCUT2D eigenvalue weighted by Crippen LogP contribution is -2.25. The first-order chi connectivity index (χ1) is 9.90. The second kappa shape index (κ2) is 6.14. The highest BCUT2D eigenvalue weighted by Crippen LogP contribution is 2.40. The van der Waals surface area contributed by atoms with Gasteiger partial charge in [0.2, 0.25) is 0 Å². The van der Waals surface area contributed by atoms with Crippen LogP contribution in [-0.4, -0.2) is 16.5 Å². The largest absolute Gasteiger partial charge is 0.305 e. The summed E-state index contributed by atoms with van der Waals surface area (Å²) in [6.07, 6.45) is 9.35. The van der Waals surface area contributed by atoms with Crippen molar-refractivity contribution < 1.29 is 0 Å². The quantitative estimate of drug-likeness (QED) is 0.901. The van der Waals surface area contributed by atoms with E-state index in [0.717, 1.165) is 18.2 Å². The summed E-state index contributed by atoms with van der Waals surface area (Å²) in [5.74, 6) is 0.726. The van der Waals surface area contributed by atoms with Gasteiger partial charge in [-0.25, -0.2) is 0 Å². The molecule has 1 atom stereocenters. The van der Waals surface area contributed by atoms with Crippen LogP contribution in [0, 0.1) is 0 Å². The molecule has 3 rings (SSSR count). The van der Waals surface area contributed by atoms with Gasteiger partial charge in [-0.05, 0) is 36.4 Å². The molecule has 0 radical (unpaired) electrons. The molecule has 1 aliphatic carbocycles. The molecule has 1 aromatic carbocycles. The molecule has 1 fully saturated rings. The summed E-state index contributed by atoms with van der Waals surface area (Å²) >= 11 is 0. The maximum atomic E-state index is 4.49. The van der Waals surface area contributed by atoms with Crippen molar-refractivity contribution in [3.63, 3.8) is 0 Å². The maximum Gasteiger partial charge on any atom is 0.0801 e. The Bertz CT molecular complexity index is 549. The average Bonchev–Trinajstić information content (AvgIpc) is 2.45. The molecule has 0 spiro atoms. The van der Waals surface area contributed by atoms with Gasteiger partial charge in [-0.2, -0.15) is 0 Å². The van der Waals surface area contributed by atoms with Gasteiger partial charge in [0.05, 0.1) is 17.9 Å². The number of hydrogen-bond acceptors (Lipinski definition) is 3. The van der Waals surface area contributed by atoms with Crippen LogP contribution in [0.4, 0.5) is 0 Å². The molecule has 1 unspecified atom stereocenters. The highest BCUT2D eigenvalue weighted by Gasteiger charge is 2.25. The average molecular weight is 267 g/mol. The number of hydrogen-bond donors (Lipinski definition) is 1. The van der Waals surface area contributed by atoms with Crippen molar-refractivity contribution >= 4 is 0 Å². The number of rotatable bonds is 5. The Balaban J connectivity index is 1.99. The molecule has 20 heavy (non-hydrogen) atoms. The SMILES string of the molecule is CCNC(c1cnccn1)c1ccccc1C1CCC1. The molecule has 0 bridgehead atoms.